The molecule has 2 heterocycles. The number of aliphatic hydroxyl groups is 3. The second kappa shape index (κ2) is 22.0. The number of benzene rings is 2. The van der Waals surface area contributed by atoms with Crippen LogP contribution < -0.4 is 0 Å². The van der Waals surface area contributed by atoms with Gasteiger partial charge in [-0.3, -0.25) is 0 Å². The van der Waals surface area contributed by atoms with Crippen LogP contribution in [0.15, 0.2) is 36.4 Å². The van der Waals surface area contributed by atoms with Gasteiger partial charge in [-0.05, 0) is 56.4 Å². The zero-order valence-electron chi connectivity index (χ0n) is 29.9. The lowest BCUT2D eigenvalue weighted by atomic mass is 9.98. The van der Waals surface area contributed by atoms with Crippen molar-refractivity contribution in [3.8, 4) is 0 Å². The van der Waals surface area contributed by atoms with E-state index in [0.29, 0.717) is 13.2 Å². The smallest absolute Gasteiger partial charge is 0.184 e. The molecule has 0 bridgehead atoms. The fraction of sp³-hybridized carbons (Fsp3) is 0.700. The normalized spacial score (nSPS) is 23.1. The van der Waals surface area contributed by atoms with Gasteiger partial charge in [0.1, 0.15) is 24.4 Å². The Morgan fingerprint density at radius 2 is 1.11 bits per heavy atom. The van der Waals surface area contributed by atoms with E-state index in [4.69, 9.17) is 24.1 Å². The summed E-state index contributed by atoms with van der Waals surface area (Å²) < 4.78 is 24.4. The third-order valence-corrected chi connectivity index (χ3v) is 9.65. The summed E-state index contributed by atoms with van der Waals surface area (Å²) in [6.07, 6.45) is 15.2. The van der Waals surface area contributed by atoms with Gasteiger partial charge in [0.05, 0.1) is 13.2 Å². The van der Waals surface area contributed by atoms with Crippen LogP contribution >= 0.6 is 0 Å². The lowest BCUT2D eigenvalue weighted by Crippen LogP contribution is -2.58. The van der Waals surface area contributed by atoms with Crippen LogP contribution in [0.4, 0.5) is 0 Å². The van der Waals surface area contributed by atoms with Crippen LogP contribution in [0.3, 0.4) is 0 Å². The van der Waals surface area contributed by atoms with Crippen LogP contribution in [-0.4, -0.2) is 59.6 Å². The van der Waals surface area contributed by atoms with E-state index in [-0.39, 0.29) is 0 Å². The minimum absolute atomic E-state index is 0.307. The molecule has 2 aliphatic heterocycles. The van der Waals surface area contributed by atoms with E-state index in [0.717, 1.165) is 28.7 Å². The Hall–Kier alpha value is -1.84. The molecule has 7 nitrogen and oxygen atoms in total. The van der Waals surface area contributed by atoms with E-state index in [1.807, 2.05) is 57.2 Å². The van der Waals surface area contributed by atoms with Gasteiger partial charge in [-0.15, -0.1) is 0 Å². The highest BCUT2D eigenvalue weighted by molar-refractivity contribution is 5.32. The van der Waals surface area contributed by atoms with E-state index < -0.39 is 43.6 Å². The first kappa shape index (κ1) is 39.6. The Labute approximate surface area is 285 Å². The van der Waals surface area contributed by atoms with Gasteiger partial charge in [0.2, 0.25) is 0 Å². The lowest BCUT2D eigenvalue weighted by molar-refractivity contribution is -0.373. The highest BCUT2D eigenvalue weighted by Crippen LogP contribution is 2.39. The molecule has 4 rings (SSSR count). The molecule has 7 heteroatoms. The average Bonchev–Trinajstić information content (AvgIpc) is 3.08. The number of rotatable bonds is 18. The molecule has 0 aliphatic carbocycles. The molecule has 3 N–H and O–H groups in total. The quantitative estimate of drug-likeness (QED) is 0.138. The number of hydrogen-bond acceptors (Lipinski definition) is 7. The zero-order chi connectivity index (χ0) is 34.0. The van der Waals surface area contributed by atoms with Gasteiger partial charge in [-0.2, -0.15) is 0 Å². The molecular formula is C40H64O7. The van der Waals surface area contributed by atoms with Gasteiger partial charge in [0.25, 0.3) is 0 Å². The van der Waals surface area contributed by atoms with Crippen molar-refractivity contribution in [2.24, 2.45) is 0 Å². The van der Waals surface area contributed by atoms with Gasteiger partial charge in [0.15, 0.2) is 12.6 Å². The van der Waals surface area contributed by atoms with Crippen LogP contribution in [0.1, 0.15) is 143 Å². The Morgan fingerprint density at radius 1 is 0.617 bits per heavy atom. The topological polar surface area (TPSA) is 97.6 Å². The van der Waals surface area contributed by atoms with E-state index >= 15 is 0 Å². The van der Waals surface area contributed by atoms with Gasteiger partial charge < -0.3 is 34.3 Å². The Balaban J connectivity index is 0.000000303. The second-order valence-corrected chi connectivity index (χ2v) is 13.6. The Bertz CT molecular complexity index is 1120. The molecule has 0 amide bonds. The van der Waals surface area contributed by atoms with Crippen molar-refractivity contribution < 1.29 is 34.3 Å². The van der Waals surface area contributed by atoms with Gasteiger partial charge in [-0.25, -0.2) is 0 Å². The van der Waals surface area contributed by atoms with E-state index in [1.54, 1.807) is 0 Å². The van der Waals surface area contributed by atoms with E-state index in [2.05, 4.69) is 13.8 Å². The summed E-state index contributed by atoms with van der Waals surface area (Å²) in [7, 11) is 0. The largest absolute Gasteiger partial charge is 0.396 e. The van der Waals surface area contributed by atoms with Gasteiger partial charge in [-0.1, -0.05) is 127 Å². The first-order chi connectivity index (χ1) is 22.8. The molecule has 2 aliphatic rings. The average molecular weight is 657 g/mol. The molecule has 266 valence electrons. The summed E-state index contributed by atoms with van der Waals surface area (Å²) in [5.41, 5.74) is 6.43. The number of aliphatic hydroxyl groups excluding tert-OH is 3. The maximum Gasteiger partial charge on any atom is 0.184 e. The van der Waals surface area contributed by atoms with Gasteiger partial charge >= 0.3 is 0 Å². The summed E-state index contributed by atoms with van der Waals surface area (Å²) in [5.74, 6) is 0. The SMILES string of the molecule is CCCCCCCCCCCCCCCCO.Cc1ccc(C2OC[C@@H]3OC(c4ccc(C)c(C)c4)O[C@H]([C@H](O)CO)[C@@H]3O2)cc1C. The molecular weight excluding hydrogens is 592 g/mol. The molecule has 0 spiro atoms. The van der Waals surface area contributed by atoms with Crippen molar-refractivity contribution in [1.82, 2.24) is 0 Å². The predicted octanol–water partition coefficient (Wildman–Crippen LogP) is 8.63. The Morgan fingerprint density at radius 3 is 1.57 bits per heavy atom. The van der Waals surface area contributed by atoms with Crippen molar-refractivity contribution in [3.63, 3.8) is 0 Å². The number of unbranched alkanes of at least 4 members (excludes halogenated alkanes) is 13. The molecule has 6 atom stereocenters. The zero-order valence-corrected chi connectivity index (χ0v) is 29.9. The van der Waals surface area contributed by atoms with Crippen LogP contribution in [0.2, 0.25) is 0 Å². The third kappa shape index (κ3) is 13.2. The van der Waals surface area contributed by atoms with Crippen LogP contribution in [0.5, 0.6) is 0 Å². The monoisotopic (exact) mass is 656 g/mol. The lowest BCUT2D eigenvalue weighted by Gasteiger charge is -2.47. The van der Waals surface area contributed by atoms with Crippen molar-refractivity contribution in [1.29, 1.82) is 0 Å². The molecule has 2 aromatic rings. The van der Waals surface area contributed by atoms with Crippen molar-refractivity contribution in [3.05, 3.63) is 69.8 Å². The highest BCUT2D eigenvalue weighted by atomic mass is 16.8. The highest BCUT2D eigenvalue weighted by Gasteiger charge is 2.48. The Kier molecular flexibility index (Phi) is 18.5. The van der Waals surface area contributed by atoms with E-state index in [9.17, 15) is 10.2 Å². The van der Waals surface area contributed by atoms with Gasteiger partial charge in [0, 0.05) is 17.7 Å². The second-order valence-electron chi connectivity index (χ2n) is 13.6. The number of ether oxygens (including phenoxy) is 4. The first-order valence-electron chi connectivity index (χ1n) is 18.4. The molecule has 0 saturated carbocycles. The summed E-state index contributed by atoms with van der Waals surface area (Å²) >= 11 is 0. The molecule has 0 aromatic heterocycles. The van der Waals surface area contributed by atoms with Crippen molar-refractivity contribution in [2.75, 3.05) is 19.8 Å². The maximum atomic E-state index is 10.5. The minimum atomic E-state index is -1.09. The van der Waals surface area contributed by atoms with E-state index in [1.165, 1.54) is 94.6 Å². The van der Waals surface area contributed by atoms with Crippen molar-refractivity contribution >= 4 is 0 Å². The fourth-order valence-corrected chi connectivity index (χ4v) is 6.24. The maximum absolute atomic E-state index is 10.5. The summed E-state index contributed by atoms with van der Waals surface area (Å²) in [4.78, 5) is 0. The number of hydrogen-bond donors (Lipinski definition) is 3. The number of fused-ring (bicyclic) bond motifs is 1. The van der Waals surface area contributed by atoms with Crippen LogP contribution in [0, 0.1) is 27.7 Å². The van der Waals surface area contributed by atoms with Crippen LogP contribution in [0.25, 0.3) is 0 Å². The molecule has 0 radical (unpaired) electrons. The summed E-state index contributed by atoms with van der Waals surface area (Å²) in [6, 6.07) is 12.1. The predicted molar refractivity (Wildman–Crippen MR) is 188 cm³/mol. The molecule has 2 fully saturated rings. The fourth-order valence-electron chi connectivity index (χ4n) is 6.24. The number of aryl methyl sites for hydroxylation is 4. The molecule has 2 unspecified atom stereocenters. The minimum Gasteiger partial charge on any atom is -0.396 e. The first-order valence-corrected chi connectivity index (χ1v) is 18.4. The van der Waals surface area contributed by atoms with Crippen molar-refractivity contribution in [2.45, 2.75) is 162 Å². The van der Waals surface area contributed by atoms with Crippen LogP contribution in [-0.2, 0) is 18.9 Å². The standard InChI is InChI=1S/C24H30O6.C16H34O/c1-13-5-7-17(9-15(13)3)23-27-12-20-22(30-23)21(19(26)11-25)29-24(28-20)18-8-6-14(2)16(4)10-18;1-2-3-4-5-6-7-8-9-10-11-12-13-14-15-16-17/h5-10,19-26H,11-12H2,1-4H3;17H,2-16H2,1H3/t19-,20+,21-,22-,23?,24?;/m1./s1. The molecule has 2 aromatic carbocycles. The third-order valence-electron chi connectivity index (χ3n) is 9.65. The summed E-state index contributed by atoms with van der Waals surface area (Å²) in [5, 5.41) is 28.7. The summed E-state index contributed by atoms with van der Waals surface area (Å²) in [6.45, 7) is 10.7. The molecule has 47 heavy (non-hydrogen) atoms. The molecule has 2 saturated heterocycles.